The van der Waals surface area contributed by atoms with E-state index in [0.717, 1.165) is 33.6 Å². The van der Waals surface area contributed by atoms with E-state index in [1.165, 1.54) is 30.3 Å². The predicted molar refractivity (Wildman–Crippen MR) is 120 cm³/mol. The molecule has 8 nitrogen and oxygen atoms in total. The molecule has 0 bridgehead atoms. The molecule has 176 valence electrons. The summed E-state index contributed by atoms with van der Waals surface area (Å²) in [6.45, 7) is 1.14. The number of imide groups is 1. The van der Waals surface area contributed by atoms with Crippen molar-refractivity contribution in [3.8, 4) is 5.75 Å². The zero-order chi connectivity index (χ0) is 24.1. The first-order valence-electron chi connectivity index (χ1n) is 10.2. The molecular formula is C22H24F2N4O4S. The van der Waals surface area contributed by atoms with Crippen LogP contribution in [0.3, 0.4) is 0 Å². The zero-order valence-corrected chi connectivity index (χ0v) is 19.2. The van der Waals surface area contributed by atoms with Gasteiger partial charge in [0.25, 0.3) is 11.1 Å². The maximum absolute atomic E-state index is 12.6. The number of aromatic nitrogens is 2. The maximum atomic E-state index is 12.6. The van der Waals surface area contributed by atoms with Crippen LogP contribution in [0.15, 0.2) is 29.2 Å². The highest BCUT2D eigenvalue weighted by molar-refractivity contribution is 8.18. The van der Waals surface area contributed by atoms with Crippen LogP contribution < -0.4 is 10.1 Å². The van der Waals surface area contributed by atoms with Crippen LogP contribution in [0, 0.1) is 13.8 Å². The molecule has 11 heteroatoms. The van der Waals surface area contributed by atoms with Gasteiger partial charge in [-0.05, 0) is 61.4 Å². The summed E-state index contributed by atoms with van der Waals surface area (Å²) >= 11 is 0.789. The Morgan fingerprint density at radius 2 is 1.94 bits per heavy atom. The highest BCUT2D eigenvalue weighted by atomic mass is 32.2. The molecule has 33 heavy (non-hydrogen) atoms. The average molecular weight is 479 g/mol. The van der Waals surface area contributed by atoms with Crippen molar-refractivity contribution in [2.24, 2.45) is 7.05 Å². The summed E-state index contributed by atoms with van der Waals surface area (Å²) in [6, 6.07) is 5.73. The second kappa shape index (κ2) is 10.6. The maximum Gasteiger partial charge on any atom is 0.387 e. The van der Waals surface area contributed by atoms with Crippen LogP contribution in [0.5, 0.6) is 5.75 Å². The molecule has 0 saturated carbocycles. The lowest BCUT2D eigenvalue weighted by Crippen LogP contribution is -2.37. The molecule has 2 aromatic rings. The number of nitrogens with zero attached hydrogens (tertiary/aromatic N) is 3. The van der Waals surface area contributed by atoms with Crippen LogP contribution >= 0.6 is 11.8 Å². The molecule has 1 aromatic heterocycles. The third kappa shape index (κ3) is 6.19. The van der Waals surface area contributed by atoms with Crippen molar-refractivity contribution >= 4 is 34.9 Å². The van der Waals surface area contributed by atoms with E-state index in [9.17, 15) is 23.2 Å². The smallest absolute Gasteiger partial charge is 0.387 e. The number of aryl methyl sites for hydroxylation is 2. The first-order chi connectivity index (χ1) is 15.7. The van der Waals surface area contributed by atoms with Crippen molar-refractivity contribution < 1.29 is 27.9 Å². The summed E-state index contributed by atoms with van der Waals surface area (Å²) in [4.78, 5) is 38.3. The van der Waals surface area contributed by atoms with Gasteiger partial charge >= 0.3 is 6.61 Å². The Morgan fingerprint density at radius 3 is 2.55 bits per heavy atom. The summed E-state index contributed by atoms with van der Waals surface area (Å²) in [7, 11) is 1.85. The molecule has 0 radical (unpaired) electrons. The molecule has 0 atom stereocenters. The lowest BCUT2D eigenvalue weighted by Gasteiger charge is -2.13. The molecule has 1 N–H and O–H groups in total. The van der Waals surface area contributed by atoms with E-state index in [2.05, 4.69) is 15.2 Å². The number of thioether (sulfide) groups is 1. The first kappa shape index (κ1) is 24.4. The third-order valence-electron chi connectivity index (χ3n) is 5.20. The lowest BCUT2D eigenvalue weighted by molar-refractivity contribution is -0.124. The molecule has 0 aliphatic carbocycles. The standard InChI is InChI=1S/C22H24F2N4O4S/c1-13-17(14(2)27(3)26-13)8-9-19(29)25-10-11-28-20(30)18(33-22(28)31)12-15-4-6-16(7-5-15)32-21(23)24/h4-7,12,21H,8-11H2,1-3H3,(H,25,29)/b18-12-. The van der Waals surface area contributed by atoms with Gasteiger partial charge in [0.15, 0.2) is 0 Å². The van der Waals surface area contributed by atoms with E-state index in [-0.39, 0.29) is 36.1 Å². The molecule has 1 saturated heterocycles. The summed E-state index contributed by atoms with van der Waals surface area (Å²) < 4.78 is 30.5. The Bertz CT molecular complexity index is 1080. The van der Waals surface area contributed by atoms with Crippen LogP contribution in [0.25, 0.3) is 6.08 Å². The van der Waals surface area contributed by atoms with Crippen molar-refractivity contribution in [2.45, 2.75) is 33.3 Å². The number of benzene rings is 1. The van der Waals surface area contributed by atoms with Crippen molar-refractivity contribution in [3.05, 3.63) is 51.7 Å². The van der Waals surface area contributed by atoms with Crippen molar-refractivity contribution in [1.82, 2.24) is 20.0 Å². The number of carbonyl (C=O) groups excluding carboxylic acids is 3. The number of rotatable bonds is 9. The van der Waals surface area contributed by atoms with Crippen LogP contribution in [0.1, 0.15) is 28.9 Å². The molecule has 2 heterocycles. The SMILES string of the molecule is Cc1nn(C)c(C)c1CCC(=O)NCCN1C(=O)S/C(=C\c2ccc(OC(F)F)cc2)C1=O. The molecule has 3 amide bonds. The van der Waals surface area contributed by atoms with Gasteiger partial charge in [-0.2, -0.15) is 13.9 Å². The van der Waals surface area contributed by atoms with E-state index < -0.39 is 17.8 Å². The molecule has 1 aromatic carbocycles. The largest absolute Gasteiger partial charge is 0.435 e. The lowest BCUT2D eigenvalue weighted by atomic mass is 10.1. The Kier molecular flexibility index (Phi) is 7.85. The zero-order valence-electron chi connectivity index (χ0n) is 18.4. The first-order valence-corrected chi connectivity index (χ1v) is 11.0. The number of alkyl halides is 2. The molecule has 0 spiro atoms. The number of ether oxygens (including phenoxy) is 1. The summed E-state index contributed by atoms with van der Waals surface area (Å²) in [5.74, 6) is -0.639. The fraction of sp³-hybridized carbons (Fsp3) is 0.364. The van der Waals surface area contributed by atoms with Gasteiger partial charge in [0.1, 0.15) is 5.75 Å². The second-order valence-corrected chi connectivity index (χ2v) is 8.40. The summed E-state index contributed by atoms with van der Waals surface area (Å²) in [5, 5.41) is 6.64. The fourth-order valence-corrected chi connectivity index (χ4v) is 4.27. The van der Waals surface area contributed by atoms with Crippen LogP contribution in [-0.4, -0.2) is 51.4 Å². The van der Waals surface area contributed by atoms with Crippen LogP contribution in [-0.2, 0) is 23.1 Å². The summed E-state index contributed by atoms with van der Waals surface area (Å²) in [6.07, 6.45) is 2.34. The van der Waals surface area contributed by atoms with Gasteiger partial charge in [-0.3, -0.25) is 24.0 Å². The number of halogens is 2. The molecule has 1 aliphatic heterocycles. The second-order valence-electron chi connectivity index (χ2n) is 7.40. The van der Waals surface area contributed by atoms with Crippen LogP contribution in [0.4, 0.5) is 13.6 Å². The Labute approximate surface area is 194 Å². The predicted octanol–water partition coefficient (Wildman–Crippen LogP) is 3.42. The van der Waals surface area contributed by atoms with Gasteiger partial charge in [0.05, 0.1) is 10.6 Å². The Morgan fingerprint density at radius 1 is 1.24 bits per heavy atom. The highest BCUT2D eigenvalue weighted by Crippen LogP contribution is 2.32. The van der Waals surface area contributed by atoms with Crippen molar-refractivity contribution in [2.75, 3.05) is 13.1 Å². The Hall–Kier alpha value is -3.21. The van der Waals surface area contributed by atoms with Gasteiger partial charge in [0, 0.05) is 32.3 Å². The Balaban J connectivity index is 1.49. The summed E-state index contributed by atoms with van der Waals surface area (Å²) in [5.41, 5.74) is 3.51. The van der Waals surface area contributed by atoms with E-state index in [1.54, 1.807) is 4.68 Å². The minimum absolute atomic E-state index is 0.000144. The number of hydrogen-bond donors (Lipinski definition) is 1. The molecule has 1 fully saturated rings. The van der Waals surface area contributed by atoms with E-state index in [4.69, 9.17) is 0 Å². The van der Waals surface area contributed by atoms with E-state index >= 15 is 0 Å². The van der Waals surface area contributed by atoms with E-state index in [1.807, 2.05) is 20.9 Å². The van der Waals surface area contributed by atoms with Crippen LogP contribution in [0.2, 0.25) is 0 Å². The quantitative estimate of drug-likeness (QED) is 0.555. The molecule has 0 unspecified atom stereocenters. The molecule has 3 rings (SSSR count). The number of hydrogen-bond acceptors (Lipinski definition) is 6. The fourth-order valence-electron chi connectivity index (χ4n) is 3.40. The number of nitrogens with one attached hydrogen (secondary N) is 1. The number of amides is 3. The van der Waals surface area contributed by atoms with E-state index in [0.29, 0.717) is 12.0 Å². The topological polar surface area (TPSA) is 93.5 Å². The van der Waals surface area contributed by atoms with Gasteiger partial charge in [-0.25, -0.2) is 0 Å². The minimum atomic E-state index is -2.92. The minimum Gasteiger partial charge on any atom is -0.435 e. The van der Waals surface area contributed by atoms with Gasteiger partial charge in [-0.15, -0.1) is 0 Å². The van der Waals surface area contributed by atoms with Crippen molar-refractivity contribution in [1.29, 1.82) is 0 Å². The molecule has 1 aliphatic rings. The van der Waals surface area contributed by atoms with Crippen molar-refractivity contribution in [3.63, 3.8) is 0 Å². The number of carbonyl (C=O) groups is 3. The average Bonchev–Trinajstić information content (AvgIpc) is 3.15. The third-order valence-corrected chi connectivity index (χ3v) is 6.10. The molecular weight excluding hydrogens is 454 g/mol. The van der Waals surface area contributed by atoms with Gasteiger partial charge in [-0.1, -0.05) is 12.1 Å². The normalized spacial score (nSPS) is 15.1. The van der Waals surface area contributed by atoms with Gasteiger partial charge in [0.2, 0.25) is 5.91 Å². The highest BCUT2D eigenvalue weighted by Gasteiger charge is 2.34. The van der Waals surface area contributed by atoms with Gasteiger partial charge < -0.3 is 10.1 Å². The monoisotopic (exact) mass is 478 g/mol.